The number of allylic oxidation sites excluding steroid dienone is 2. The molecule has 0 aromatic rings. The zero-order chi connectivity index (χ0) is 6.57. The molecule has 1 unspecified atom stereocenters. The number of hydrogen-bond donors (Lipinski definition) is 0. The van der Waals surface area contributed by atoms with Crippen LogP contribution < -0.4 is 0 Å². The Labute approximate surface area is 56.5 Å². The van der Waals surface area contributed by atoms with E-state index in [1.165, 1.54) is 5.57 Å². The van der Waals surface area contributed by atoms with Gasteiger partial charge in [-0.25, -0.2) is 0 Å². The second-order valence-corrected chi connectivity index (χ2v) is 3.04. The van der Waals surface area contributed by atoms with Gasteiger partial charge in [0.15, 0.2) is 0 Å². The van der Waals surface area contributed by atoms with Gasteiger partial charge in [0.25, 0.3) is 0 Å². The van der Waals surface area contributed by atoms with Crippen molar-refractivity contribution in [2.75, 3.05) is 0 Å². The molecule has 0 nitrogen and oxygen atoms in total. The SMILES string of the molecule is CC(C)=CCC(C)Cl. The van der Waals surface area contributed by atoms with Crippen LogP contribution >= 0.6 is 11.6 Å². The highest BCUT2D eigenvalue weighted by Gasteiger charge is 1.89. The van der Waals surface area contributed by atoms with Gasteiger partial charge in [-0.2, -0.15) is 0 Å². The van der Waals surface area contributed by atoms with Crippen LogP contribution in [-0.4, -0.2) is 5.38 Å². The number of rotatable bonds is 2. The third-order valence-electron chi connectivity index (χ3n) is 0.851. The molecule has 1 atom stereocenters. The maximum absolute atomic E-state index is 5.68. The minimum absolute atomic E-state index is 0.282. The van der Waals surface area contributed by atoms with Gasteiger partial charge in [-0.05, 0) is 27.2 Å². The van der Waals surface area contributed by atoms with Crippen LogP contribution in [-0.2, 0) is 0 Å². The molecule has 1 heteroatoms. The Kier molecular flexibility index (Phi) is 3.98. The highest BCUT2D eigenvalue weighted by atomic mass is 35.5. The molecular formula is C7H13Cl. The number of alkyl halides is 1. The zero-order valence-corrected chi connectivity index (χ0v) is 6.50. The maximum atomic E-state index is 5.68. The summed E-state index contributed by atoms with van der Waals surface area (Å²) in [7, 11) is 0. The standard InChI is InChI=1S/C7H13Cl/c1-6(2)4-5-7(3)8/h4,7H,5H2,1-3H3. The van der Waals surface area contributed by atoms with E-state index in [4.69, 9.17) is 11.6 Å². The van der Waals surface area contributed by atoms with E-state index in [0.29, 0.717) is 0 Å². The van der Waals surface area contributed by atoms with Crippen LogP contribution in [0.2, 0.25) is 0 Å². The van der Waals surface area contributed by atoms with Crippen LogP contribution in [0.3, 0.4) is 0 Å². The van der Waals surface area contributed by atoms with E-state index in [1.54, 1.807) is 0 Å². The van der Waals surface area contributed by atoms with Crippen molar-refractivity contribution in [3.8, 4) is 0 Å². The second-order valence-electron chi connectivity index (χ2n) is 2.30. The molecule has 0 aromatic heterocycles. The summed E-state index contributed by atoms with van der Waals surface area (Å²) in [6, 6.07) is 0. The van der Waals surface area contributed by atoms with Gasteiger partial charge in [0.1, 0.15) is 0 Å². The first-order chi connectivity index (χ1) is 3.63. The van der Waals surface area contributed by atoms with Crippen LogP contribution in [0.1, 0.15) is 27.2 Å². The fraction of sp³-hybridized carbons (Fsp3) is 0.714. The lowest BCUT2D eigenvalue weighted by molar-refractivity contribution is 0.958. The lowest BCUT2D eigenvalue weighted by Gasteiger charge is -1.94. The average molecular weight is 133 g/mol. The quantitative estimate of drug-likeness (QED) is 0.400. The summed E-state index contributed by atoms with van der Waals surface area (Å²) in [4.78, 5) is 0. The summed E-state index contributed by atoms with van der Waals surface area (Å²) >= 11 is 5.68. The monoisotopic (exact) mass is 132 g/mol. The van der Waals surface area contributed by atoms with Crippen LogP contribution in [0, 0.1) is 0 Å². The van der Waals surface area contributed by atoms with Gasteiger partial charge in [0.05, 0.1) is 0 Å². The molecule has 0 amide bonds. The topological polar surface area (TPSA) is 0 Å². The normalized spacial score (nSPS) is 13.0. The van der Waals surface area contributed by atoms with E-state index < -0.39 is 0 Å². The molecule has 0 aromatic carbocycles. The van der Waals surface area contributed by atoms with Gasteiger partial charge in [-0.15, -0.1) is 11.6 Å². The number of halogens is 1. The van der Waals surface area contributed by atoms with Crippen molar-refractivity contribution in [3.63, 3.8) is 0 Å². The molecule has 0 rings (SSSR count). The van der Waals surface area contributed by atoms with Gasteiger partial charge in [-0.1, -0.05) is 11.6 Å². The Hall–Kier alpha value is 0.0300. The Morgan fingerprint density at radius 2 is 2.12 bits per heavy atom. The van der Waals surface area contributed by atoms with Crippen molar-refractivity contribution in [2.24, 2.45) is 0 Å². The molecule has 0 saturated heterocycles. The summed E-state index contributed by atoms with van der Waals surface area (Å²) < 4.78 is 0. The smallest absolute Gasteiger partial charge is 0.0342 e. The predicted octanol–water partition coefficient (Wildman–Crippen LogP) is 2.97. The number of hydrogen-bond acceptors (Lipinski definition) is 0. The fourth-order valence-corrected chi connectivity index (χ4v) is 0.487. The van der Waals surface area contributed by atoms with Gasteiger partial charge < -0.3 is 0 Å². The van der Waals surface area contributed by atoms with E-state index in [-0.39, 0.29) is 5.38 Å². The molecule has 0 radical (unpaired) electrons. The molecule has 8 heavy (non-hydrogen) atoms. The van der Waals surface area contributed by atoms with Crippen LogP contribution in [0.25, 0.3) is 0 Å². The third-order valence-corrected chi connectivity index (χ3v) is 1.03. The molecule has 0 saturated carbocycles. The second kappa shape index (κ2) is 3.96. The van der Waals surface area contributed by atoms with Gasteiger partial charge in [-0.3, -0.25) is 0 Å². The predicted molar refractivity (Wildman–Crippen MR) is 39.4 cm³/mol. The van der Waals surface area contributed by atoms with Crippen LogP contribution in [0.15, 0.2) is 11.6 Å². The summed E-state index contributed by atoms with van der Waals surface area (Å²) in [5, 5.41) is 0.282. The van der Waals surface area contributed by atoms with Crippen molar-refractivity contribution < 1.29 is 0 Å². The van der Waals surface area contributed by atoms with E-state index in [9.17, 15) is 0 Å². The molecular weight excluding hydrogens is 120 g/mol. The first-order valence-electron chi connectivity index (χ1n) is 2.90. The summed E-state index contributed by atoms with van der Waals surface area (Å²) in [6.45, 7) is 6.17. The van der Waals surface area contributed by atoms with Gasteiger partial charge >= 0.3 is 0 Å². The van der Waals surface area contributed by atoms with E-state index in [2.05, 4.69) is 19.9 Å². The molecule has 0 heterocycles. The molecule has 48 valence electrons. The van der Waals surface area contributed by atoms with Gasteiger partial charge in [0.2, 0.25) is 0 Å². The van der Waals surface area contributed by atoms with Crippen molar-refractivity contribution >= 4 is 11.6 Å². The minimum Gasteiger partial charge on any atom is -0.123 e. The largest absolute Gasteiger partial charge is 0.123 e. The molecule has 0 aliphatic heterocycles. The minimum atomic E-state index is 0.282. The fourth-order valence-electron chi connectivity index (χ4n) is 0.398. The van der Waals surface area contributed by atoms with E-state index in [0.717, 1.165) is 6.42 Å². The van der Waals surface area contributed by atoms with Crippen molar-refractivity contribution in [3.05, 3.63) is 11.6 Å². The maximum Gasteiger partial charge on any atom is 0.0342 e. The molecule has 0 N–H and O–H groups in total. The van der Waals surface area contributed by atoms with Crippen molar-refractivity contribution in [1.82, 2.24) is 0 Å². The lowest BCUT2D eigenvalue weighted by atomic mass is 10.2. The van der Waals surface area contributed by atoms with Crippen LogP contribution in [0.5, 0.6) is 0 Å². The molecule has 0 aliphatic rings. The Morgan fingerprint density at radius 3 is 2.25 bits per heavy atom. The van der Waals surface area contributed by atoms with Crippen LogP contribution in [0.4, 0.5) is 0 Å². The average Bonchev–Trinajstić information content (AvgIpc) is 1.61. The molecule has 0 fully saturated rings. The van der Waals surface area contributed by atoms with E-state index >= 15 is 0 Å². The first kappa shape index (κ1) is 8.03. The zero-order valence-electron chi connectivity index (χ0n) is 5.74. The summed E-state index contributed by atoms with van der Waals surface area (Å²) in [6.07, 6.45) is 3.14. The summed E-state index contributed by atoms with van der Waals surface area (Å²) in [5.74, 6) is 0. The molecule has 0 spiro atoms. The Morgan fingerprint density at radius 1 is 1.62 bits per heavy atom. The van der Waals surface area contributed by atoms with E-state index in [1.807, 2.05) is 6.92 Å². The highest BCUT2D eigenvalue weighted by Crippen LogP contribution is 2.02. The lowest BCUT2D eigenvalue weighted by Crippen LogP contribution is -1.85. The highest BCUT2D eigenvalue weighted by molar-refractivity contribution is 6.20. The van der Waals surface area contributed by atoms with Crippen molar-refractivity contribution in [2.45, 2.75) is 32.6 Å². The molecule has 0 aliphatic carbocycles. The Bertz CT molecular complexity index is 78.4. The molecule has 0 bridgehead atoms. The first-order valence-corrected chi connectivity index (χ1v) is 3.34. The summed E-state index contributed by atoms with van der Waals surface area (Å²) in [5.41, 5.74) is 1.34. The van der Waals surface area contributed by atoms with Crippen molar-refractivity contribution in [1.29, 1.82) is 0 Å². The Balaban J connectivity index is 3.29. The van der Waals surface area contributed by atoms with Gasteiger partial charge in [0, 0.05) is 5.38 Å². The third kappa shape index (κ3) is 6.03.